The fourth-order valence-corrected chi connectivity index (χ4v) is 2.09. The normalized spacial score (nSPS) is 15.2. The van der Waals surface area contributed by atoms with E-state index >= 15 is 0 Å². The molecule has 1 aliphatic rings. The second kappa shape index (κ2) is 8.54. The van der Waals surface area contributed by atoms with Crippen LogP contribution in [0.5, 0.6) is 5.75 Å². The quantitative estimate of drug-likeness (QED) is 0.835. The summed E-state index contributed by atoms with van der Waals surface area (Å²) in [5.41, 5.74) is 0. The molecule has 17 heavy (non-hydrogen) atoms. The van der Waals surface area contributed by atoms with Crippen LogP contribution in [-0.4, -0.2) is 31.1 Å². The molecule has 1 aliphatic heterocycles. The van der Waals surface area contributed by atoms with E-state index in [1.165, 1.54) is 25.9 Å². The third-order valence-corrected chi connectivity index (χ3v) is 3.22. The van der Waals surface area contributed by atoms with Gasteiger partial charge in [-0.2, -0.15) is 0 Å². The maximum Gasteiger partial charge on any atom is 0.119 e. The minimum atomic E-state index is 0.793. The lowest BCUT2D eigenvalue weighted by atomic mass is 10.3. The van der Waals surface area contributed by atoms with Crippen molar-refractivity contribution in [1.29, 1.82) is 0 Å². The molecule has 0 bridgehead atoms. The lowest BCUT2D eigenvalue weighted by Crippen LogP contribution is -2.25. The lowest BCUT2D eigenvalue weighted by Gasteiger charge is -2.14. The third-order valence-electron chi connectivity index (χ3n) is 2.69. The zero-order valence-corrected chi connectivity index (χ0v) is 12.4. The van der Waals surface area contributed by atoms with Crippen LogP contribution < -0.4 is 4.74 Å². The molecule has 0 saturated carbocycles. The van der Waals surface area contributed by atoms with E-state index in [0.717, 1.165) is 23.4 Å². The van der Waals surface area contributed by atoms with E-state index < -0.39 is 0 Å². The molecular weight excluding hydrogens is 278 g/mol. The summed E-state index contributed by atoms with van der Waals surface area (Å²) in [6.07, 6.45) is 2.69. The molecule has 0 unspecified atom stereocenters. The number of hydrogen-bond acceptors (Lipinski definition) is 2. The highest BCUT2D eigenvalue weighted by molar-refractivity contribution is 9.10. The molecule has 2 nitrogen and oxygen atoms in total. The first-order valence-electron chi connectivity index (χ1n) is 6.45. The van der Waals surface area contributed by atoms with Crippen LogP contribution in [0, 0.1) is 0 Å². The van der Waals surface area contributed by atoms with Gasteiger partial charge in [-0.15, -0.1) is 0 Å². The molecule has 1 aromatic rings. The van der Waals surface area contributed by atoms with Crippen molar-refractivity contribution >= 4 is 15.9 Å². The van der Waals surface area contributed by atoms with Gasteiger partial charge in [0.25, 0.3) is 0 Å². The van der Waals surface area contributed by atoms with Gasteiger partial charge in [0.05, 0.1) is 0 Å². The minimum absolute atomic E-state index is 0.793. The lowest BCUT2D eigenvalue weighted by molar-refractivity contribution is 0.238. The maximum absolute atomic E-state index is 5.66. The van der Waals surface area contributed by atoms with E-state index in [4.69, 9.17) is 4.74 Å². The number of ether oxygens (including phenoxy) is 1. The summed E-state index contributed by atoms with van der Waals surface area (Å²) in [4.78, 5) is 2.46. The van der Waals surface area contributed by atoms with Gasteiger partial charge in [0.2, 0.25) is 0 Å². The SMILES string of the molecule is Brc1ccc(OCCN2CCCC2)cc1.CC. The number of benzene rings is 1. The van der Waals surface area contributed by atoms with Gasteiger partial charge in [-0.25, -0.2) is 0 Å². The van der Waals surface area contributed by atoms with Crippen molar-refractivity contribution in [2.45, 2.75) is 26.7 Å². The first-order valence-corrected chi connectivity index (χ1v) is 7.24. The average molecular weight is 300 g/mol. The molecule has 1 saturated heterocycles. The van der Waals surface area contributed by atoms with Crippen molar-refractivity contribution in [2.75, 3.05) is 26.2 Å². The monoisotopic (exact) mass is 299 g/mol. The molecule has 0 N–H and O–H groups in total. The molecule has 2 rings (SSSR count). The molecule has 0 amide bonds. The zero-order valence-electron chi connectivity index (χ0n) is 10.8. The summed E-state index contributed by atoms with van der Waals surface area (Å²) in [6.45, 7) is 8.32. The van der Waals surface area contributed by atoms with E-state index in [0.29, 0.717) is 0 Å². The van der Waals surface area contributed by atoms with Gasteiger partial charge in [0.15, 0.2) is 0 Å². The van der Waals surface area contributed by atoms with Gasteiger partial charge < -0.3 is 4.74 Å². The summed E-state index contributed by atoms with van der Waals surface area (Å²) in [5.74, 6) is 0.956. The average Bonchev–Trinajstić information content (AvgIpc) is 2.87. The Bertz CT molecular complexity index is 294. The molecular formula is C14H22BrNO. The largest absolute Gasteiger partial charge is 0.492 e. The molecule has 0 atom stereocenters. The van der Waals surface area contributed by atoms with Crippen molar-refractivity contribution in [3.8, 4) is 5.75 Å². The van der Waals surface area contributed by atoms with Crippen LogP contribution in [0.2, 0.25) is 0 Å². The van der Waals surface area contributed by atoms with Crippen molar-refractivity contribution in [3.05, 3.63) is 28.7 Å². The van der Waals surface area contributed by atoms with Gasteiger partial charge in [-0.3, -0.25) is 4.90 Å². The van der Waals surface area contributed by atoms with Gasteiger partial charge in [-0.05, 0) is 50.2 Å². The molecule has 1 aromatic carbocycles. The van der Waals surface area contributed by atoms with E-state index in [1.807, 2.05) is 38.1 Å². The summed E-state index contributed by atoms with van der Waals surface area (Å²) in [7, 11) is 0. The predicted molar refractivity (Wildman–Crippen MR) is 76.7 cm³/mol. The molecule has 1 fully saturated rings. The van der Waals surface area contributed by atoms with E-state index in [-0.39, 0.29) is 0 Å². The van der Waals surface area contributed by atoms with E-state index in [9.17, 15) is 0 Å². The van der Waals surface area contributed by atoms with Gasteiger partial charge in [0, 0.05) is 11.0 Å². The standard InChI is InChI=1S/C12H16BrNO.C2H6/c13-11-3-5-12(6-4-11)15-10-9-14-7-1-2-8-14;1-2/h3-6H,1-2,7-10H2;1-2H3. The molecule has 0 aliphatic carbocycles. The Hall–Kier alpha value is -0.540. The van der Waals surface area contributed by atoms with Crippen LogP contribution in [0.25, 0.3) is 0 Å². The van der Waals surface area contributed by atoms with Crippen molar-refractivity contribution in [1.82, 2.24) is 4.90 Å². The Labute approximate surface area is 113 Å². The number of hydrogen-bond donors (Lipinski definition) is 0. The summed E-state index contributed by atoms with van der Waals surface area (Å²) >= 11 is 3.40. The van der Waals surface area contributed by atoms with Gasteiger partial charge in [0.1, 0.15) is 12.4 Å². The highest BCUT2D eigenvalue weighted by Gasteiger charge is 2.10. The number of nitrogens with zero attached hydrogens (tertiary/aromatic N) is 1. The zero-order chi connectivity index (χ0) is 12.5. The Kier molecular flexibility index (Phi) is 7.29. The summed E-state index contributed by atoms with van der Waals surface area (Å²) in [6, 6.07) is 8.00. The predicted octanol–water partition coefficient (Wildman–Crippen LogP) is 3.95. The van der Waals surface area contributed by atoms with Crippen LogP contribution >= 0.6 is 15.9 Å². The fraction of sp³-hybridized carbons (Fsp3) is 0.571. The highest BCUT2D eigenvalue weighted by atomic mass is 79.9. The Morgan fingerprint density at radius 1 is 1.12 bits per heavy atom. The van der Waals surface area contributed by atoms with Gasteiger partial charge >= 0.3 is 0 Å². The molecule has 0 radical (unpaired) electrons. The molecule has 0 aromatic heterocycles. The van der Waals surface area contributed by atoms with Crippen molar-refractivity contribution in [3.63, 3.8) is 0 Å². The number of halogens is 1. The first-order chi connectivity index (χ1) is 8.34. The van der Waals surface area contributed by atoms with E-state index in [2.05, 4.69) is 20.8 Å². The third kappa shape index (κ3) is 5.55. The van der Waals surface area contributed by atoms with Crippen molar-refractivity contribution < 1.29 is 4.74 Å². The molecule has 1 heterocycles. The fourth-order valence-electron chi connectivity index (χ4n) is 1.83. The van der Waals surface area contributed by atoms with Crippen LogP contribution in [0.15, 0.2) is 28.7 Å². The van der Waals surface area contributed by atoms with E-state index in [1.54, 1.807) is 0 Å². The van der Waals surface area contributed by atoms with Crippen molar-refractivity contribution in [2.24, 2.45) is 0 Å². The summed E-state index contributed by atoms with van der Waals surface area (Å²) in [5, 5.41) is 0. The number of rotatable bonds is 4. The Balaban J connectivity index is 0.000000686. The Morgan fingerprint density at radius 2 is 1.71 bits per heavy atom. The molecule has 0 spiro atoms. The molecule has 96 valence electrons. The second-order valence-electron chi connectivity index (χ2n) is 3.85. The second-order valence-corrected chi connectivity index (χ2v) is 4.77. The first kappa shape index (κ1) is 14.5. The number of likely N-dealkylation sites (tertiary alicyclic amines) is 1. The topological polar surface area (TPSA) is 12.5 Å². The van der Waals surface area contributed by atoms with Crippen LogP contribution in [0.4, 0.5) is 0 Å². The summed E-state index contributed by atoms with van der Waals surface area (Å²) < 4.78 is 6.75. The maximum atomic E-state index is 5.66. The smallest absolute Gasteiger partial charge is 0.119 e. The van der Waals surface area contributed by atoms with Crippen LogP contribution in [0.3, 0.4) is 0 Å². The van der Waals surface area contributed by atoms with Crippen LogP contribution in [-0.2, 0) is 0 Å². The highest BCUT2D eigenvalue weighted by Crippen LogP contribution is 2.16. The minimum Gasteiger partial charge on any atom is -0.492 e. The van der Waals surface area contributed by atoms with Gasteiger partial charge in [-0.1, -0.05) is 29.8 Å². The van der Waals surface area contributed by atoms with Crippen LogP contribution in [0.1, 0.15) is 26.7 Å². The Morgan fingerprint density at radius 3 is 2.29 bits per heavy atom. The molecule has 3 heteroatoms.